The highest BCUT2D eigenvalue weighted by Gasteiger charge is 2.46. The van der Waals surface area contributed by atoms with E-state index in [2.05, 4.69) is 15.3 Å². The molecule has 2 aromatic heterocycles. The molecule has 1 saturated heterocycles. The van der Waals surface area contributed by atoms with E-state index in [1.165, 1.54) is 13.2 Å². The maximum Gasteiger partial charge on any atom is 0.443 e. The number of nitrogens with one attached hydrogen (secondary N) is 1. The van der Waals surface area contributed by atoms with Crippen LogP contribution in [0.3, 0.4) is 0 Å². The molecule has 176 valence electrons. The van der Waals surface area contributed by atoms with Crippen molar-refractivity contribution in [1.82, 2.24) is 15.3 Å². The zero-order valence-corrected chi connectivity index (χ0v) is 19.2. The number of anilines is 1. The summed E-state index contributed by atoms with van der Waals surface area (Å²) in [7, 11) is 1.30. The van der Waals surface area contributed by atoms with Crippen molar-refractivity contribution in [2.45, 2.75) is 17.5 Å². The molecule has 1 fully saturated rings. The second-order valence-corrected chi connectivity index (χ2v) is 9.80. The van der Waals surface area contributed by atoms with E-state index in [0.717, 1.165) is 35.1 Å². The Morgan fingerprint density at radius 3 is 2.71 bits per heavy atom. The molecule has 3 aromatic rings. The molecule has 0 aliphatic carbocycles. The summed E-state index contributed by atoms with van der Waals surface area (Å²) in [5.41, 5.74) is 0.233. The van der Waals surface area contributed by atoms with E-state index in [1.807, 2.05) is 0 Å². The minimum absolute atomic E-state index is 0.00627. The maximum absolute atomic E-state index is 13.9. The number of imide groups is 1. The summed E-state index contributed by atoms with van der Waals surface area (Å²) in [5.74, 6) is -1.35. The number of alkyl halides is 3. The molecule has 2 atom stereocenters. The number of hydrogen-bond donors (Lipinski definition) is 1. The highest BCUT2D eigenvalue weighted by Crippen LogP contribution is 2.46. The zero-order chi connectivity index (χ0) is 24.4. The first-order valence-electron chi connectivity index (χ1n) is 9.46. The lowest BCUT2D eigenvalue weighted by atomic mass is 10.1. The Hall–Kier alpha value is -2.90. The monoisotopic (exact) mass is 530 g/mol. The van der Waals surface area contributed by atoms with Crippen LogP contribution in [0.15, 0.2) is 30.6 Å². The number of halogens is 5. The molecule has 0 spiro atoms. The Balaban J connectivity index is 1.50. The number of benzene rings is 1. The van der Waals surface area contributed by atoms with Crippen molar-refractivity contribution in [2.24, 2.45) is 0 Å². The molecule has 2 unspecified atom stereocenters. The molecule has 0 radical (unpaired) electrons. The molecule has 0 bridgehead atoms. The number of methoxy groups -OCH3 is 1. The number of thiazole rings is 1. The number of urea groups is 1. The molecule has 1 N–H and O–H groups in total. The quantitative estimate of drug-likeness (QED) is 0.475. The SMILES string of the molecule is COc1cc(C2=CC3NC(=O)N(c4cncc5nc(C(F)(F)F)sc45)C(=O)C3S2)c(Cl)cc1F. The van der Waals surface area contributed by atoms with Crippen molar-refractivity contribution in [2.75, 3.05) is 12.0 Å². The van der Waals surface area contributed by atoms with Gasteiger partial charge in [-0.15, -0.1) is 23.1 Å². The van der Waals surface area contributed by atoms with Gasteiger partial charge in [0.05, 0.1) is 41.0 Å². The summed E-state index contributed by atoms with van der Waals surface area (Å²) in [6.07, 6.45) is -0.786. The Morgan fingerprint density at radius 2 is 2.00 bits per heavy atom. The van der Waals surface area contributed by atoms with Gasteiger partial charge in [0.25, 0.3) is 5.91 Å². The van der Waals surface area contributed by atoms with Crippen LogP contribution < -0.4 is 15.0 Å². The van der Waals surface area contributed by atoms with Crippen LogP contribution in [0.5, 0.6) is 5.75 Å². The van der Waals surface area contributed by atoms with Crippen molar-refractivity contribution in [1.29, 1.82) is 0 Å². The van der Waals surface area contributed by atoms with Crippen molar-refractivity contribution >= 4 is 67.4 Å². The van der Waals surface area contributed by atoms with Crippen LogP contribution in [0, 0.1) is 5.82 Å². The number of hydrogen-bond acceptors (Lipinski definition) is 7. The molecule has 5 rings (SSSR count). The largest absolute Gasteiger partial charge is 0.494 e. The molecule has 14 heteroatoms. The fraction of sp³-hybridized carbons (Fsp3) is 0.200. The van der Waals surface area contributed by atoms with E-state index in [1.54, 1.807) is 6.08 Å². The summed E-state index contributed by atoms with van der Waals surface area (Å²) in [4.78, 5) is 34.8. The molecular formula is C20H11ClF4N4O3S2. The van der Waals surface area contributed by atoms with Gasteiger partial charge in [-0.05, 0) is 18.2 Å². The van der Waals surface area contributed by atoms with Gasteiger partial charge in [-0.2, -0.15) is 13.2 Å². The predicted molar refractivity (Wildman–Crippen MR) is 120 cm³/mol. The molecule has 7 nitrogen and oxygen atoms in total. The first kappa shape index (κ1) is 22.9. The number of carbonyl (C=O) groups excluding carboxylic acids is 2. The number of aromatic nitrogens is 2. The van der Waals surface area contributed by atoms with Crippen LogP contribution in [0.1, 0.15) is 10.6 Å². The van der Waals surface area contributed by atoms with Crippen LogP contribution in [0.2, 0.25) is 5.02 Å². The summed E-state index contributed by atoms with van der Waals surface area (Å²) in [5, 5.41) is 0.820. The van der Waals surface area contributed by atoms with Crippen LogP contribution in [-0.2, 0) is 11.0 Å². The van der Waals surface area contributed by atoms with Gasteiger partial charge in [-0.1, -0.05) is 11.6 Å². The Labute approximate surface area is 201 Å². The third-order valence-electron chi connectivity index (χ3n) is 5.14. The van der Waals surface area contributed by atoms with Crippen LogP contribution in [0.4, 0.5) is 28.0 Å². The van der Waals surface area contributed by atoms with E-state index >= 15 is 0 Å². The molecule has 4 heterocycles. The summed E-state index contributed by atoms with van der Waals surface area (Å²) in [6.45, 7) is 0. The molecular weight excluding hydrogens is 520 g/mol. The second kappa shape index (κ2) is 8.10. The normalized spacial score (nSPS) is 20.4. The molecule has 2 aliphatic rings. The van der Waals surface area contributed by atoms with E-state index in [4.69, 9.17) is 16.3 Å². The van der Waals surface area contributed by atoms with Gasteiger partial charge in [0.15, 0.2) is 16.6 Å². The van der Waals surface area contributed by atoms with Gasteiger partial charge in [-0.25, -0.2) is 19.1 Å². The second-order valence-electron chi connectivity index (χ2n) is 7.21. The highest BCUT2D eigenvalue weighted by molar-refractivity contribution is 8.09. The van der Waals surface area contributed by atoms with Crippen molar-refractivity contribution in [3.8, 4) is 5.75 Å². The fourth-order valence-electron chi connectivity index (χ4n) is 3.63. The lowest BCUT2D eigenvalue weighted by Crippen LogP contribution is -2.60. The first-order chi connectivity index (χ1) is 16.1. The average Bonchev–Trinajstić information content (AvgIpc) is 3.39. The molecule has 2 aliphatic heterocycles. The topological polar surface area (TPSA) is 84.4 Å². The van der Waals surface area contributed by atoms with E-state index in [0.29, 0.717) is 21.8 Å². The highest BCUT2D eigenvalue weighted by atomic mass is 35.5. The number of rotatable bonds is 3. The Bertz CT molecular complexity index is 1390. The number of thioether (sulfide) groups is 1. The number of pyridine rings is 1. The third-order valence-corrected chi connectivity index (χ3v) is 7.95. The van der Waals surface area contributed by atoms with Crippen molar-refractivity contribution in [3.63, 3.8) is 0 Å². The minimum atomic E-state index is -4.68. The first-order valence-corrected chi connectivity index (χ1v) is 11.5. The van der Waals surface area contributed by atoms with Gasteiger partial charge >= 0.3 is 12.2 Å². The maximum atomic E-state index is 13.9. The van der Waals surface area contributed by atoms with Gasteiger partial charge in [0, 0.05) is 10.5 Å². The van der Waals surface area contributed by atoms with Crippen LogP contribution >= 0.6 is 34.7 Å². The Kier molecular flexibility index (Phi) is 5.45. The molecule has 34 heavy (non-hydrogen) atoms. The summed E-state index contributed by atoms with van der Waals surface area (Å²) < 4.78 is 58.4. The molecule has 3 amide bonds. The van der Waals surface area contributed by atoms with Crippen LogP contribution in [0.25, 0.3) is 15.1 Å². The van der Waals surface area contributed by atoms with Crippen molar-refractivity contribution < 1.29 is 31.9 Å². The smallest absolute Gasteiger partial charge is 0.443 e. The van der Waals surface area contributed by atoms with E-state index in [-0.39, 0.29) is 26.7 Å². The van der Waals surface area contributed by atoms with Crippen LogP contribution in [-0.4, -0.2) is 40.3 Å². The fourth-order valence-corrected chi connectivity index (χ4v) is 6.14. The van der Waals surface area contributed by atoms with Gasteiger partial charge < -0.3 is 10.1 Å². The lowest BCUT2D eigenvalue weighted by Gasteiger charge is -2.33. The minimum Gasteiger partial charge on any atom is -0.494 e. The summed E-state index contributed by atoms with van der Waals surface area (Å²) >= 11 is 7.60. The zero-order valence-electron chi connectivity index (χ0n) is 16.8. The Morgan fingerprint density at radius 1 is 1.24 bits per heavy atom. The van der Waals surface area contributed by atoms with Gasteiger partial charge in [0.2, 0.25) is 0 Å². The summed E-state index contributed by atoms with van der Waals surface area (Å²) in [6, 6.07) is 0.949. The third kappa shape index (κ3) is 3.67. The number of fused-ring (bicyclic) bond motifs is 2. The molecule has 0 saturated carbocycles. The van der Waals surface area contributed by atoms with E-state index in [9.17, 15) is 27.2 Å². The lowest BCUT2D eigenvalue weighted by molar-refractivity contribution is -0.137. The molecule has 1 aromatic carbocycles. The average molecular weight is 531 g/mol. The van der Waals surface area contributed by atoms with E-state index < -0.39 is 40.2 Å². The standard InChI is InChI=1S/C20H11ClF4N4O3S2/c1-32-13-2-7(8(21)3-9(13)22)14-4-10-16(33-14)17(30)29(19(31)28-10)12-6-26-5-11-15(12)34-18(27-11)20(23,24)25/h2-6,10,16H,1H3,(H,28,31). The van der Waals surface area contributed by atoms with Gasteiger partial charge in [0.1, 0.15) is 10.8 Å². The number of carbonyl (C=O) groups is 2. The number of nitrogens with zero attached hydrogens (tertiary/aromatic N) is 3. The number of amides is 3. The van der Waals surface area contributed by atoms with Gasteiger partial charge in [-0.3, -0.25) is 9.78 Å². The predicted octanol–water partition coefficient (Wildman–Crippen LogP) is 5.09. The number of ether oxygens (including phenoxy) is 1. The van der Waals surface area contributed by atoms with Crippen molar-refractivity contribution in [3.05, 3.63) is 52.0 Å².